The lowest BCUT2D eigenvalue weighted by molar-refractivity contribution is -0.0384. The average molecular weight is 227 g/mol. The first kappa shape index (κ1) is 12.3. The van der Waals surface area contributed by atoms with E-state index in [4.69, 9.17) is 4.74 Å². The quantitative estimate of drug-likeness (QED) is 0.775. The molecule has 94 valence electrons. The molecule has 2 aliphatic rings. The number of hydrogen-bond donors (Lipinski definition) is 1. The fourth-order valence-corrected chi connectivity index (χ4v) is 3.29. The molecule has 1 saturated heterocycles. The van der Waals surface area contributed by atoms with E-state index in [1.807, 2.05) is 0 Å². The summed E-state index contributed by atoms with van der Waals surface area (Å²) in [6.07, 6.45) is 7.74. The van der Waals surface area contributed by atoms with Gasteiger partial charge in [-0.3, -0.25) is 0 Å². The van der Waals surface area contributed by atoms with E-state index in [0.717, 1.165) is 13.0 Å². The van der Waals surface area contributed by atoms with Crippen LogP contribution in [0.4, 0.5) is 0 Å². The van der Waals surface area contributed by atoms with Gasteiger partial charge in [-0.2, -0.15) is 0 Å². The summed E-state index contributed by atoms with van der Waals surface area (Å²) in [6, 6.07) is 0. The number of methoxy groups -OCH3 is 1. The molecule has 0 aromatic carbocycles. The second kappa shape index (κ2) is 5.48. The second-order valence-electron chi connectivity index (χ2n) is 5.67. The standard InChI is InChI=1S/C13H25NO2/c1-16-9-12(15)5-8-14-10-13(11-14)6-3-2-4-7-13/h12,15H,2-11H2,1H3. The molecule has 1 saturated carbocycles. The van der Waals surface area contributed by atoms with Crippen molar-refractivity contribution >= 4 is 0 Å². The number of nitrogens with zero attached hydrogens (tertiary/aromatic N) is 1. The highest BCUT2D eigenvalue weighted by molar-refractivity contribution is 4.96. The molecular formula is C13H25NO2. The summed E-state index contributed by atoms with van der Waals surface area (Å²) >= 11 is 0. The smallest absolute Gasteiger partial charge is 0.0785 e. The van der Waals surface area contributed by atoms with Crippen LogP contribution in [0.5, 0.6) is 0 Å². The summed E-state index contributed by atoms with van der Waals surface area (Å²) in [5.41, 5.74) is 0.671. The molecule has 0 bridgehead atoms. The Labute approximate surface area is 98.8 Å². The lowest BCUT2D eigenvalue weighted by atomic mass is 9.68. The van der Waals surface area contributed by atoms with Crippen molar-refractivity contribution in [2.75, 3.05) is 33.4 Å². The van der Waals surface area contributed by atoms with E-state index in [-0.39, 0.29) is 6.10 Å². The van der Waals surface area contributed by atoms with E-state index in [9.17, 15) is 5.11 Å². The van der Waals surface area contributed by atoms with Crippen molar-refractivity contribution in [1.29, 1.82) is 0 Å². The van der Waals surface area contributed by atoms with Gasteiger partial charge in [-0.15, -0.1) is 0 Å². The molecule has 3 nitrogen and oxygen atoms in total. The van der Waals surface area contributed by atoms with Gasteiger partial charge in [-0.25, -0.2) is 0 Å². The summed E-state index contributed by atoms with van der Waals surface area (Å²) in [7, 11) is 1.64. The lowest BCUT2D eigenvalue weighted by Crippen LogP contribution is -2.57. The summed E-state index contributed by atoms with van der Waals surface area (Å²) < 4.78 is 4.93. The Morgan fingerprint density at radius 3 is 2.56 bits per heavy atom. The van der Waals surface area contributed by atoms with Gasteiger partial charge in [-0.1, -0.05) is 19.3 Å². The molecule has 2 rings (SSSR count). The maximum atomic E-state index is 9.57. The van der Waals surface area contributed by atoms with Crippen LogP contribution in [-0.2, 0) is 4.74 Å². The first-order valence-electron chi connectivity index (χ1n) is 6.63. The summed E-state index contributed by atoms with van der Waals surface area (Å²) in [5, 5.41) is 9.57. The van der Waals surface area contributed by atoms with Crippen LogP contribution in [0.25, 0.3) is 0 Å². The van der Waals surface area contributed by atoms with Gasteiger partial charge in [0, 0.05) is 26.7 Å². The average Bonchev–Trinajstić information content (AvgIpc) is 2.25. The topological polar surface area (TPSA) is 32.7 Å². The third-order valence-electron chi connectivity index (χ3n) is 4.17. The first-order valence-corrected chi connectivity index (χ1v) is 6.63. The van der Waals surface area contributed by atoms with Crippen LogP contribution >= 0.6 is 0 Å². The molecule has 1 atom stereocenters. The summed E-state index contributed by atoms with van der Waals surface area (Å²) in [6.45, 7) is 4.05. The van der Waals surface area contributed by atoms with Gasteiger partial charge in [0.1, 0.15) is 0 Å². The molecule has 16 heavy (non-hydrogen) atoms. The van der Waals surface area contributed by atoms with Crippen LogP contribution in [0, 0.1) is 5.41 Å². The Bertz CT molecular complexity index is 206. The van der Waals surface area contributed by atoms with Gasteiger partial charge in [0.15, 0.2) is 0 Å². The Hall–Kier alpha value is -0.120. The van der Waals surface area contributed by atoms with Crippen molar-refractivity contribution in [3.8, 4) is 0 Å². The van der Waals surface area contributed by atoms with E-state index in [1.54, 1.807) is 7.11 Å². The van der Waals surface area contributed by atoms with Crippen molar-refractivity contribution in [2.45, 2.75) is 44.6 Å². The molecule has 1 unspecified atom stereocenters. The zero-order valence-corrected chi connectivity index (χ0v) is 10.5. The van der Waals surface area contributed by atoms with Crippen LogP contribution in [0.15, 0.2) is 0 Å². The number of aliphatic hydroxyl groups is 1. The van der Waals surface area contributed by atoms with Gasteiger partial charge < -0.3 is 14.7 Å². The van der Waals surface area contributed by atoms with E-state index < -0.39 is 0 Å². The number of rotatable bonds is 5. The minimum absolute atomic E-state index is 0.284. The molecule has 1 N–H and O–H groups in total. The van der Waals surface area contributed by atoms with Gasteiger partial charge in [-0.05, 0) is 24.7 Å². The molecule has 3 heteroatoms. The normalized spacial score (nSPS) is 26.6. The SMILES string of the molecule is COCC(O)CCN1CC2(CCCCC2)C1. The molecular weight excluding hydrogens is 202 g/mol. The Morgan fingerprint density at radius 2 is 1.94 bits per heavy atom. The molecule has 1 spiro atoms. The predicted molar refractivity (Wildman–Crippen MR) is 64.5 cm³/mol. The highest BCUT2D eigenvalue weighted by Crippen LogP contribution is 2.43. The molecule has 0 amide bonds. The van der Waals surface area contributed by atoms with Crippen molar-refractivity contribution in [3.63, 3.8) is 0 Å². The Kier molecular flexibility index (Phi) is 4.22. The molecule has 2 fully saturated rings. The molecule has 0 radical (unpaired) electrons. The number of hydrogen-bond acceptors (Lipinski definition) is 3. The number of likely N-dealkylation sites (tertiary alicyclic amines) is 1. The highest BCUT2D eigenvalue weighted by Gasteiger charge is 2.42. The third kappa shape index (κ3) is 2.96. The molecule has 0 aromatic rings. The van der Waals surface area contributed by atoms with Gasteiger partial charge in [0.25, 0.3) is 0 Å². The van der Waals surface area contributed by atoms with Crippen molar-refractivity contribution in [3.05, 3.63) is 0 Å². The minimum atomic E-state index is -0.284. The van der Waals surface area contributed by atoms with Crippen molar-refractivity contribution in [1.82, 2.24) is 4.90 Å². The van der Waals surface area contributed by atoms with Gasteiger partial charge in [0.05, 0.1) is 12.7 Å². The van der Waals surface area contributed by atoms with Crippen molar-refractivity contribution in [2.24, 2.45) is 5.41 Å². The third-order valence-corrected chi connectivity index (χ3v) is 4.17. The maximum Gasteiger partial charge on any atom is 0.0785 e. The summed E-state index contributed by atoms with van der Waals surface area (Å²) in [4.78, 5) is 2.49. The van der Waals surface area contributed by atoms with Crippen LogP contribution < -0.4 is 0 Å². The molecule has 1 heterocycles. The maximum absolute atomic E-state index is 9.57. The zero-order chi connectivity index (χ0) is 11.4. The van der Waals surface area contributed by atoms with E-state index in [2.05, 4.69) is 4.90 Å². The largest absolute Gasteiger partial charge is 0.391 e. The molecule has 1 aliphatic carbocycles. The fourth-order valence-electron chi connectivity index (χ4n) is 3.29. The van der Waals surface area contributed by atoms with Crippen molar-refractivity contribution < 1.29 is 9.84 Å². The number of aliphatic hydroxyl groups excluding tert-OH is 1. The molecule has 0 aromatic heterocycles. The Balaban J connectivity index is 1.61. The fraction of sp³-hybridized carbons (Fsp3) is 1.00. The van der Waals surface area contributed by atoms with E-state index >= 15 is 0 Å². The number of ether oxygens (including phenoxy) is 1. The van der Waals surface area contributed by atoms with Gasteiger partial charge in [0.2, 0.25) is 0 Å². The van der Waals surface area contributed by atoms with E-state index in [0.29, 0.717) is 12.0 Å². The second-order valence-corrected chi connectivity index (χ2v) is 5.67. The summed E-state index contributed by atoms with van der Waals surface area (Å²) in [5.74, 6) is 0. The van der Waals surface area contributed by atoms with Crippen LogP contribution in [-0.4, -0.2) is 49.5 Å². The first-order chi connectivity index (χ1) is 7.74. The monoisotopic (exact) mass is 227 g/mol. The van der Waals surface area contributed by atoms with Crippen LogP contribution in [0.2, 0.25) is 0 Å². The lowest BCUT2D eigenvalue weighted by Gasteiger charge is -2.52. The van der Waals surface area contributed by atoms with Crippen LogP contribution in [0.3, 0.4) is 0 Å². The minimum Gasteiger partial charge on any atom is -0.391 e. The molecule has 1 aliphatic heterocycles. The van der Waals surface area contributed by atoms with E-state index in [1.165, 1.54) is 45.2 Å². The Morgan fingerprint density at radius 1 is 1.25 bits per heavy atom. The van der Waals surface area contributed by atoms with Gasteiger partial charge >= 0.3 is 0 Å². The highest BCUT2D eigenvalue weighted by atomic mass is 16.5. The van der Waals surface area contributed by atoms with Crippen LogP contribution in [0.1, 0.15) is 38.5 Å². The zero-order valence-electron chi connectivity index (χ0n) is 10.5. The predicted octanol–water partition coefficient (Wildman–Crippen LogP) is 1.65.